The van der Waals surface area contributed by atoms with E-state index in [1.54, 1.807) is 25.3 Å². The van der Waals surface area contributed by atoms with E-state index in [4.69, 9.17) is 8.92 Å². The Kier molecular flexibility index (Phi) is 8.09. The fraction of sp³-hybridized carbons (Fsp3) is 0.556. The van der Waals surface area contributed by atoms with Crippen LogP contribution in [0, 0.1) is 18.8 Å². The van der Waals surface area contributed by atoms with Gasteiger partial charge in [-0.1, -0.05) is 37.6 Å². The maximum absolute atomic E-state index is 12.2. The molecular formula is C18H28O5S. The molecule has 136 valence electrons. The molecule has 0 saturated heterocycles. The van der Waals surface area contributed by atoms with Crippen molar-refractivity contribution in [2.45, 2.75) is 44.3 Å². The lowest BCUT2D eigenvalue weighted by atomic mass is 9.88. The van der Waals surface area contributed by atoms with E-state index >= 15 is 0 Å². The molecule has 24 heavy (non-hydrogen) atoms. The van der Waals surface area contributed by atoms with Gasteiger partial charge >= 0.3 is 0 Å². The zero-order valence-electron chi connectivity index (χ0n) is 14.8. The van der Waals surface area contributed by atoms with Gasteiger partial charge < -0.3 is 9.84 Å². The normalized spacial score (nSPS) is 17.0. The number of hydrogen-bond acceptors (Lipinski definition) is 5. The maximum atomic E-state index is 12.2. The van der Waals surface area contributed by atoms with Crippen LogP contribution in [0.3, 0.4) is 0 Å². The van der Waals surface area contributed by atoms with Crippen LogP contribution in [0.25, 0.3) is 0 Å². The number of aryl methyl sites for hydroxylation is 1. The van der Waals surface area contributed by atoms with Crippen LogP contribution in [-0.2, 0) is 19.0 Å². The van der Waals surface area contributed by atoms with Gasteiger partial charge in [0.15, 0.2) is 0 Å². The highest BCUT2D eigenvalue weighted by atomic mass is 32.2. The van der Waals surface area contributed by atoms with Crippen LogP contribution >= 0.6 is 0 Å². The summed E-state index contributed by atoms with van der Waals surface area (Å²) in [6.45, 7) is 9.20. The molecule has 0 aliphatic carbocycles. The van der Waals surface area contributed by atoms with Crippen molar-refractivity contribution in [3.05, 3.63) is 42.5 Å². The number of rotatable bonds is 10. The highest BCUT2D eigenvalue weighted by molar-refractivity contribution is 7.86. The summed E-state index contributed by atoms with van der Waals surface area (Å²) in [5.74, 6) is -0.377. The zero-order valence-corrected chi connectivity index (χ0v) is 15.6. The molecule has 0 aromatic heterocycles. The Morgan fingerprint density at radius 2 is 1.83 bits per heavy atom. The molecule has 0 fully saturated rings. The summed E-state index contributed by atoms with van der Waals surface area (Å²) in [4.78, 5) is 0.133. The summed E-state index contributed by atoms with van der Waals surface area (Å²) in [5, 5.41) is 10.1. The van der Waals surface area contributed by atoms with Crippen molar-refractivity contribution in [3.8, 4) is 0 Å². The van der Waals surface area contributed by atoms with Crippen LogP contribution < -0.4 is 0 Å². The Balaban J connectivity index is 2.73. The summed E-state index contributed by atoms with van der Waals surface area (Å²) in [5.41, 5.74) is 0.979. The molecule has 0 aliphatic heterocycles. The molecule has 0 radical (unpaired) electrons. The van der Waals surface area contributed by atoms with Crippen molar-refractivity contribution < 1.29 is 22.4 Å². The molecule has 1 aromatic rings. The first-order valence-corrected chi connectivity index (χ1v) is 9.41. The lowest BCUT2D eigenvalue weighted by molar-refractivity contribution is -0.0412. The van der Waals surface area contributed by atoms with Crippen molar-refractivity contribution in [2.24, 2.45) is 11.8 Å². The topological polar surface area (TPSA) is 72.8 Å². The molecule has 1 N–H and O–H groups in total. The smallest absolute Gasteiger partial charge is 0.296 e. The van der Waals surface area contributed by atoms with Gasteiger partial charge in [0.1, 0.15) is 0 Å². The molecule has 0 spiro atoms. The van der Waals surface area contributed by atoms with Crippen LogP contribution in [0.2, 0.25) is 0 Å². The highest BCUT2D eigenvalue weighted by Crippen LogP contribution is 2.23. The molecular weight excluding hydrogens is 328 g/mol. The predicted molar refractivity (Wildman–Crippen MR) is 94.3 cm³/mol. The van der Waals surface area contributed by atoms with E-state index < -0.39 is 16.2 Å². The highest BCUT2D eigenvalue weighted by Gasteiger charge is 2.29. The average molecular weight is 356 g/mol. The number of methoxy groups -OCH3 is 1. The molecule has 0 bridgehead atoms. The zero-order chi connectivity index (χ0) is 18.3. The van der Waals surface area contributed by atoms with Crippen LogP contribution in [0.4, 0.5) is 0 Å². The molecule has 1 aromatic carbocycles. The first-order chi connectivity index (χ1) is 11.2. The molecule has 4 atom stereocenters. The van der Waals surface area contributed by atoms with Crippen molar-refractivity contribution >= 4 is 10.1 Å². The maximum Gasteiger partial charge on any atom is 0.296 e. The average Bonchev–Trinajstić information content (AvgIpc) is 2.54. The first-order valence-electron chi connectivity index (χ1n) is 8.00. The van der Waals surface area contributed by atoms with Gasteiger partial charge in [-0.05, 0) is 25.5 Å². The summed E-state index contributed by atoms with van der Waals surface area (Å²) in [6.07, 6.45) is 1.18. The van der Waals surface area contributed by atoms with E-state index in [9.17, 15) is 13.5 Å². The molecule has 1 rings (SSSR count). The van der Waals surface area contributed by atoms with Crippen molar-refractivity contribution in [2.75, 3.05) is 13.7 Å². The minimum atomic E-state index is -3.80. The Morgan fingerprint density at radius 3 is 2.33 bits per heavy atom. The molecule has 0 saturated carbocycles. The number of aliphatic hydroxyl groups excluding tert-OH is 1. The fourth-order valence-corrected chi connectivity index (χ4v) is 3.63. The van der Waals surface area contributed by atoms with E-state index in [-0.39, 0.29) is 29.4 Å². The Bertz CT molecular complexity index is 609. The lowest BCUT2D eigenvalue weighted by Gasteiger charge is -2.30. The minimum Gasteiger partial charge on any atom is -0.392 e. The third-order valence-corrected chi connectivity index (χ3v) is 5.46. The standard InChI is InChI=1S/C18H28O5S/c1-6-7-17(19)15(4)18(22-5)14(3)12-23-24(20,21)16-10-8-13(2)9-11-16/h6,8-11,14-15,17-19H,1,7,12H2,2-5H3/t14-,15-,17+,18+/m0/s1. The van der Waals surface area contributed by atoms with Crippen molar-refractivity contribution in [1.29, 1.82) is 0 Å². The summed E-state index contributed by atoms with van der Waals surface area (Å²) in [6, 6.07) is 6.51. The van der Waals surface area contributed by atoms with Gasteiger partial charge in [0.05, 0.1) is 23.7 Å². The second-order valence-corrected chi connectivity index (χ2v) is 7.80. The van der Waals surface area contributed by atoms with Gasteiger partial charge in [0.2, 0.25) is 0 Å². The summed E-state index contributed by atoms with van der Waals surface area (Å²) in [7, 11) is -2.26. The summed E-state index contributed by atoms with van der Waals surface area (Å²) < 4.78 is 35.1. The SMILES string of the molecule is C=CC[C@@H](O)[C@H](C)[C@H](OC)[C@@H](C)COS(=O)(=O)c1ccc(C)cc1. The number of aliphatic hydroxyl groups is 1. The minimum absolute atomic E-state index is 0.0140. The van der Waals surface area contributed by atoms with Crippen molar-refractivity contribution in [1.82, 2.24) is 0 Å². The predicted octanol–water partition coefficient (Wildman–Crippen LogP) is 2.92. The lowest BCUT2D eigenvalue weighted by Crippen LogP contribution is -2.37. The molecule has 6 heteroatoms. The van der Waals surface area contributed by atoms with Crippen molar-refractivity contribution in [3.63, 3.8) is 0 Å². The van der Waals surface area contributed by atoms with Crippen LogP contribution in [0.15, 0.2) is 41.8 Å². The Hall–Kier alpha value is -1.21. The van der Waals surface area contributed by atoms with Gasteiger partial charge in [0.25, 0.3) is 10.1 Å². The molecule has 0 amide bonds. The fourth-order valence-electron chi connectivity index (χ4n) is 2.63. The van der Waals surface area contributed by atoms with E-state index in [0.29, 0.717) is 6.42 Å². The van der Waals surface area contributed by atoms with Gasteiger partial charge in [-0.25, -0.2) is 0 Å². The molecule has 0 aliphatic rings. The first kappa shape index (κ1) is 20.8. The molecule has 5 nitrogen and oxygen atoms in total. The van der Waals surface area contributed by atoms with E-state index in [1.165, 1.54) is 12.1 Å². The van der Waals surface area contributed by atoms with E-state index in [2.05, 4.69) is 6.58 Å². The quantitative estimate of drug-likeness (QED) is 0.515. The van der Waals surface area contributed by atoms with Gasteiger partial charge in [-0.2, -0.15) is 8.42 Å². The third kappa shape index (κ3) is 5.70. The van der Waals surface area contributed by atoms with Crippen LogP contribution in [-0.4, -0.2) is 39.4 Å². The summed E-state index contributed by atoms with van der Waals surface area (Å²) >= 11 is 0. The molecule has 0 heterocycles. The van der Waals surface area contributed by atoms with Gasteiger partial charge in [-0.3, -0.25) is 4.18 Å². The Labute approximate surface area is 145 Å². The largest absolute Gasteiger partial charge is 0.392 e. The third-order valence-electron chi connectivity index (χ3n) is 4.16. The Morgan fingerprint density at radius 1 is 1.25 bits per heavy atom. The monoisotopic (exact) mass is 356 g/mol. The number of benzene rings is 1. The number of hydrogen-bond donors (Lipinski definition) is 1. The second-order valence-electron chi connectivity index (χ2n) is 6.18. The number of ether oxygens (including phenoxy) is 1. The van der Waals surface area contributed by atoms with E-state index in [0.717, 1.165) is 5.56 Å². The van der Waals surface area contributed by atoms with Gasteiger partial charge in [0, 0.05) is 18.9 Å². The second kappa shape index (κ2) is 9.32. The van der Waals surface area contributed by atoms with E-state index in [1.807, 2.05) is 20.8 Å². The van der Waals surface area contributed by atoms with Gasteiger partial charge in [-0.15, -0.1) is 6.58 Å². The molecule has 0 unspecified atom stereocenters. The van der Waals surface area contributed by atoms with Crippen LogP contribution in [0.1, 0.15) is 25.8 Å². The van der Waals surface area contributed by atoms with Crippen LogP contribution in [0.5, 0.6) is 0 Å².